The van der Waals surface area contributed by atoms with Crippen LogP contribution in [0.25, 0.3) is 0 Å². The van der Waals surface area contributed by atoms with Gasteiger partial charge in [-0.3, -0.25) is 4.98 Å². The minimum absolute atomic E-state index is 0.0398. The highest BCUT2D eigenvalue weighted by Gasteiger charge is 2.72. The van der Waals surface area contributed by atoms with Crippen LogP contribution in [0.3, 0.4) is 0 Å². The number of nitrogens with one attached hydrogen (secondary N) is 1. The van der Waals surface area contributed by atoms with Crippen LogP contribution in [0.5, 0.6) is 0 Å². The van der Waals surface area contributed by atoms with Crippen molar-refractivity contribution in [2.24, 2.45) is 11.3 Å². The fourth-order valence-corrected chi connectivity index (χ4v) is 3.59. The minimum Gasteiger partial charge on any atom is -0.308 e. The SMILES string of the molecule is CC(NCC12CC1CCC2(F)F)c1ncccc1Cl. The van der Waals surface area contributed by atoms with Crippen molar-refractivity contribution in [1.29, 1.82) is 0 Å². The van der Waals surface area contributed by atoms with Gasteiger partial charge in [-0.1, -0.05) is 11.6 Å². The van der Waals surface area contributed by atoms with Crippen LogP contribution >= 0.6 is 11.6 Å². The highest BCUT2D eigenvalue weighted by molar-refractivity contribution is 6.31. The molecule has 1 aromatic heterocycles. The average Bonchev–Trinajstić information content (AvgIpc) is 3.04. The zero-order valence-electron chi connectivity index (χ0n) is 10.8. The second-order valence-corrected chi connectivity index (χ2v) is 6.18. The van der Waals surface area contributed by atoms with Gasteiger partial charge < -0.3 is 5.32 Å². The number of nitrogens with zero attached hydrogens (tertiary/aromatic N) is 1. The number of halogens is 3. The van der Waals surface area contributed by atoms with Gasteiger partial charge in [0.25, 0.3) is 5.92 Å². The summed E-state index contributed by atoms with van der Waals surface area (Å²) in [6, 6.07) is 3.42. The molecule has 1 heterocycles. The molecule has 0 radical (unpaired) electrons. The molecular weight excluding hydrogens is 270 g/mol. The van der Waals surface area contributed by atoms with Gasteiger partial charge in [0.1, 0.15) is 0 Å². The summed E-state index contributed by atoms with van der Waals surface area (Å²) in [5, 5.41) is 3.77. The van der Waals surface area contributed by atoms with E-state index < -0.39 is 11.3 Å². The summed E-state index contributed by atoms with van der Waals surface area (Å²) in [6.07, 6.45) is 3.02. The molecular formula is C14H17ClF2N2. The lowest BCUT2D eigenvalue weighted by Crippen LogP contribution is -2.37. The van der Waals surface area contributed by atoms with Crippen molar-refractivity contribution in [2.75, 3.05) is 6.54 Å². The summed E-state index contributed by atoms with van der Waals surface area (Å²) in [7, 11) is 0. The van der Waals surface area contributed by atoms with Crippen molar-refractivity contribution < 1.29 is 8.78 Å². The monoisotopic (exact) mass is 286 g/mol. The Kier molecular flexibility index (Phi) is 3.06. The topological polar surface area (TPSA) is 24.9 Å². The Bertz CT molecular complexity index is 494. The number of rotatable bonds is 4. The molecule has 0 saturated heterocycles. The van der Waals surface area contributed by atoms with E-state index in [1.807, 2.05) is 6.92 Å². The third kappa shape index (κ3) is 2.05. The molecule has 0 amide bonds. The maximum absolute atomic E-state index is 13.9. The second kappa shape index (κ2) is 4.38. The zero-order chi connectivity index (χ0) is 13.7. The largest absolute Gasteiger partial charge is 0.308 e. The summed E-state index contributed by atoms with van der Waals surface area (Å²) in [5.41, 5.74) is -0.0817. The molecule has 0 aromatic carbocycles. The first-order valence-corrected chi connectivity index (χ1v) is 7.06. The summed E-state index contributed by atoms with van der Waals surface area (Å²) in [6.45, 7) is 2.26. The highest BCUT2D eigenvalue weighted by Crippen LogP contribution is 2.70. The molecule has 19 heavy (non-hydrogen) atoms. The van der Waals surface area contributed by atoms with Crippen LogP contribution in [0.4, 0.5) is 8.78 Å². The quantitative estimate of drug-likeness (QED) is 0.910. The van der Waals surface area contributed by atoms with Gasteiger partial charge >= 0.3 is 0 Å². The first kappa shape index (κ1) is 13.3. The van der Waals surface area contributed by atoms with E-state index in [0.29, 0.717) is 24.4 Å². The molecule has 3 atom stereocenters. The molecule has 1 N–H and O–H groups in total. The van der Waals surface area contributed by atoms with Gasteiger partial charge in [0.15, 0.2) is 0 Å². The molecule has 2 aliphatic rings. The van der Waals surface area contributed by atoms with E-state index in [1.165, 1.54) is 0 Å². The lowest BCUT2D eigenvalue weighted by Gasteiger charge is -2.25. The Labute approximate surface area is 116 Å². The van der Waals surface area contributed by atoms with Crippen LogP contribution in [0.15, 0.2) is 18.3 Å². The Balaban J connectivity index is 1.66. The summed E-state index contributed by atoms with van der Waals surface area (Å²) < 4.78 is 27.8. The minimum atomic E-state index is -2.52. The molecule has 2 fully saturated rings. The van der Waals surface area contributed by atoms with Crippen molar-refractivity contribution in [3.05, 3.63) is 29.0 Å². The van der Waals surface area contributed by atoms with Gasteiger partial charge in [0.2, 0.25) is 0 Å². The number of pyridine rings is 1. The Morgan fingerprint density at radius 3 is 2.95 bits per heavy atom. The number of hydrogen-bond acceptors (Lipinski definition) is 2. The summed E-state index contributed by atoms with van der Waals surface area (Å²) >= 11 is 6.07. The second-order valence-electron chi connectivity index (χ2n) is 5.77. The van der Waals surface area contributed by atoms with Gasteiger partial charge in [-0.05, 0) is 37.8 Å². The number of fused-ring (bicyclic) bond motifs is 1. The van der Waals surface area contributed by atoms with Crippen molar-refractivity contribution in [3.63, 3.8) is 0 Å². The highest BCUT2D eigenvalue weighted by atomic mass is 35.5. The van der Waals surface area contributed by atoms with Gasteiger partial charge in [0.05, 0.1) is 10.7 Å². The van der Waals surface area contributed by atoms with Gasteiger partial charge in [-0.15, -0.1) is 0 Å². The zero-order valence-corrected chi connectivity index (χ0v) is 11.6. The molecule has 2 aliphatic carbocycles. The number of alkyl halides is 2. The standard InChI is InChI=1S/C14H17ClF2N2/c1-9(12-11(15)3-2-6-18-12)19-8-13-7-10(13)4-5-14(13,16)17/h2-3,6,9-10,19H,4-5,7-8H2,1H3. The Hall–Kier alpha value is -0.740. The predicted molar refractivity (Wildman–Crippen MR) is 70.4 cm³/mol. The van der Waals surface area contributed by atoms with Crippen LogP contribution in [-0.2, 0) is 0 Å². The van der Waals surface area contributed by atoms with Crippen molar-refractivity contribution in [1.82, 2.24) is 10.3 Å². The molecule has 3 unspecified atom stereocenters. The van der Waals surface area contributed by atoms with E-state index in [4.69, 9.17) is 11.6 Å². The smallest absolute Gasteiger partial charge is 0.255 e. The predicted octanol–water partition coefficient (Wildman–Crippen LogP) is 3.82. The number of hydrogen-bond donors (Lipinski definition) is 1. The van der Waals surface area contributed by atoms with Gasteiger partial charge in [-0.2, -0.15) is 0 Å². The third-order valence-corrected chi connectivity index (χ3v) is 5.01. The number of aromatic nitrogens is 1. The fraction of sp³-hybridized carbons (Fsp3) is 0.643. The molecule has 104 valence electrons. The van der Waals surface area contributed by atoms with Crippen molar-refractivity contribution in [2.45, 2.75) is 38.2 Å². The van der Waals surface area contributed by atoms with E-state index in [9.17, 15) is 8.78 Å². The molecule has 2 saturated carbocycles. The third-order valence-electron chi connectivity index (χ3n) is 4.69. The first-order chi connectivity index (χ1) is 8.96. The van der Waals surface area contributed by atoms with E-state index in [0.717, 1.165) is 5.69 Å². The molecule has 0 aliphatic heterocycles. The molecule has 2 nitrogen and oxygen atoms in total. The van der Waals surface area contributed by atoms with Crippen LogP contribution in [0.2, 0.25) is 5.02 Å². The maximum atomic E-state index is 13.9. The average molecular weight is 287 g/mol. The lowest BCUT2D eigenvalue weighted by molar-refractivity contribution is -0.0620. The van der Waals surface area contributed by atoms with E-state index in [-0.39, 0.29) is 18.4 Å². The summed E-state index contributed by atoms with van der Waals surface area (Å²) in [5.74, 6) is -2.32. The fourth-order valence-electron chi connectivity index (χ4n) is 3.31. The van der Waals surface area contributed by atoms with Crippen molar-refractivity contribution in [3.8, 4) is 0 Å². The molecule has 3 rings (SSSR count). The summed E-state index contributed by atoms with van der Waals surface area (Å²) in [4.78, 5) is 4.21. The van der Waals surface area contributed by atoms with Gasteiger partial charge in [0, 0.05) is 30.6 Å². The normalized spacial score (nSPS) is 32.9. The van der Waals surface area contributed by atoms with Crippen LogP contribution in [-0.4, -0.2) is 17.5 Å². The van der Waals surface area contributed by atoms with Crippen molar-refractivity contribution >= 4 is 11.6 Å². The van der Waals surface area contributed by atoms with E-state index in [2.05, 4.69) is 10.3 Å². The van der Waals surface area contributed by atoms with E-state index in [1.54, 1.807) is 18.3 Å². The first-order valence-electron chi connectivity index (χ1n) is 6.68. The molecule has 5 heteroatoms. The Morgan fingerprint density at radius 1 is 1.58 bits per heavy atom. The lowest BCUT2D eigenvalue weighted by atomic mass is 9.99. The molecule has 0 bridgehead atoms. The Morgan fingerprint density at radius 2 is 2.37 bits per heavy atom. The molecule has 0 spiro atoms. The van der Waals surface area contributed by atoms with Crippen LogP contribution in [0, 0.1) is 11.3 Å². The van der Waals surface area contributed by atoms with Crippen LogP contribution < -0.4 is 5.32 Å². The maximum Gasteiger partial charge on any atom is 0.255 e. The van der Waals surface area contributed by atoms with Gasteiger partial charge in [-0.25, -0.2) is 8.78 Å². The molecule has 1 aromatic rings. The van der Waals surface area contributed by atoms with Crippen LogP contribution in [0.1, 0.15) is 37.9 Å². The van der Waals surface area contributed by atoms with E-state index >= 15 is 0 Å².